The van der Waals surface area contributed by atoms with E-state index in [1.54, 1.807) is 25.1 Å². The van der Waals surface area contributed by atoms with Crippen molar-refractivity contribution in [2.75, 3.05) is 19.5 Å². The molecular weight excluding hydrogens is 564 g/mol. The zero-order valence-corrected chi connectivity index (χ0v) is 23.3. The summed E-state index contributed by atoms with van der Waals surface area (Å²) in [4.78, 5) is 43.6. The SMILES string of the molecule is CCCn1nc(C(=O)Nc2ccc(Oc3ccnc4cc(OC)c(OC)cc34)c(F)c2)c(=O)n(-c2ccc(F)cc2)c1=O. The maximum atomic E-state index is 15.2. The van der Waals surface area contributed by atoms with Crippen molar-refractivity contribution >= 4 is 22.5 Å². The highest BCUT2D eigenvalue weighted by Crippen LogP contribution is 2.37. The van der Waals surface area contributed by atoms with E-state index in [0.717, 1.165) is 27.4 Å². The number of hydrogen-bond donors (Lipinski definition) is 1. The first-order valence-corrected chi connectivity index (χ1v) is 13.0. The van der Waals surface area contributed by atoms with Crippen molar-refractivity contribution in [2.45, 2.75) is 19.9 Å². The van der Waals surface area contributed by atoms with Crippen molar-refractivity contribution in [1.82, 2.24) is 19.3 Å². The van der Waals surface area contributed by atoms with Gasteiger partial charge in [0.1, 0.15) is 11.6 Å². The second-order valence-electron chi connectivity index (χ2n) is 9.21. The molecule has 0 aliphatic heterocycles. The van der Waals surface area contributed by atoms with Gasteiger partial charge in [-0.1, -0.05) is 6.92 Å². The molecule has 0 aliphatic carbocycles. The molecule has 1 amide bonds. The van der Waals surface area contributed by atoms with Crippen molar-refractivity contribution in [1.29, 1.82) is 0 Å². The van der Waals surface area contributed by atoms with E-state index in [9.17, 15) is 18.8 Å². The zero-order chi connectivity index (χ0) is 30.7. The van der Waals surface area contributed by atoms with E-state index in [2.05, 4.69) is 15.4 Å². The number of anilines is 1. The molecule has 0 fully saturated rings. The Hall–Kier alpha value is -5.59. The summed E-state index contributed by atoms with van der Waals surface area (Å²) in [6.45, 7) is 1.90. The molecule has 2 heterocycles. The summed E-state index contributed by atoms with van der Waals surface area (Å²) in [6, 6.07) is 13.2. The summed E-state index contributed by atoms with van der Waals surface area (Å²) in [5.41, 5.74) is -1.82. The van der Waals surface area contributed by atoms with Gasteiger partial charge in [-0.3, -0.25) is 14.6 Å². The third-order valence-corrected chi connectivity index (χ3v) is 6.39. The lowest BCUT2D eigenvalue weighted by Gasteiger charge is -2.14. The highest BCUT2D eigenvalue weighted by atomic mass is 19.1. The normalized spacial score (nSPS) is 10.9. The first-order chi connectivity index (χ1) is 20.7. The van der Waals surface area contributed by atoms with Crippen LogP contribution in [0.3, 0.4) is 0 Å². The fourth-order valence-corrected chi connectivity index (χ4v) is 4.34. The molecule has 220 valence electrons. The number of nitrogens with zero attached hydrogens (tertiary/aromatic N) is 4. The van der Waals surface area contributed by atoms with Crippen molar-refractivity contribution < 1.29 is 27.8 Å². The van der Waals surface area contributed by atoms with Gasteiger partial charge in [-0.05, 0) is 55.0 Å². The van der Waals surface area contributed by atoms with Crippen LogP contribution in [0.4, 0.5) is 14.5 Å². The third kappa shape index (κ3) is 5.77. The molecule has 0 saturated heterocycles. The number of amides is 1. The summed E-state index contributed by atoms with van der Waals surface area (Å²) in [7, 11) is 2.98. The van der Waals surface area contributed by atoms with E-state index < -0.39 is 34.5 Å². The maximum Gasteiger partial charge on any atom is 0.352 e. The van der Waals surface area contributed by atoms with Gasteiger partial charge in [0.2, 0.25) is 5.69 Å². The number of fused-ring (bicyclic) bond motifs is 1. The van der Waals surface area contributed by atoms with Crippen LogP contribution < -0.4 is 30.8 Å². The average Bonchev–Trinajstić information content (AvgIpc) is 3.00. The Morgan fingerprint density at radius 1 is 0.907 bits per heavy atom. The molecule has 0 unspecified atom stereocenters. The molecule has 5 aromatic rings. The van der Waals surface area contributed by atoms with E-state index in [1.165, 1.54) is 44.7 Å². The van der Waals surface area contributed by atoms with Gasteiger partial charge in [0.25, 0.3) is 11.5 Å². The van der Waals surface area contributed by atoms with E-state index in [1.807, 2.05) is 0 Å². The second kappa shape index (κ2) is 12.1. The molecule has 0 radical (unpaired) electrons. The van der Waals surface area contributed by atoms with Crippen molar-refractivity contribution in [3.8, 4) is 28.7 Å². The van der Waals surface area contributed by atoms with E-state index in [0.29, 0.717) is 34.6 Å². The zero-order valence-electron chi connectivity index (χ0n) is 23.3. The van der Waals surface area contributed by atoms with Gasteiger partial charge in [-0.15, -0.1) is 0 Å². The number of aromatic nitrogens is 4. The first-order valence-electron chi connectivity index (χ1n) is 13.0. The average molecular weight is 590 g/mol. The van der Waals surface area contributed by atoms with Crippen molar-refractivity contribution in [3.05, 3.63) is 105 Å². The summed E-state index contributed by atoms with van der Waals surface area (Å²) in [5.74, 6) is -1.29. The number of hydrogen-bond acceptors (Lipinski definition) is 8. The fourth-order valence-electron chi connectivity index (χ4n) is 4.34. The molecule has 0 bridgehead atoms. The smallest absolute Gasteiger partial charge is 0.352 e. The highest BCUT2D eigenvalue weighted by molar-refractivity contribution is 6.02. The lowest BCUT2D eigenvalue weighted by Crippen LogP contribution is -2.44. The molecule has 2 aromatic heterocycles. The van der Waals surface area contributed by atoms with E-state index >= 15 is 4.39 Å². The Kier molecular flexibility index (Phi) is 8.14. The van der Waals surface area contributed by atoms with Crippen LogP contribution in [-0.4, -0.2) is 39.5 Å². The largest absolute Gasteiger partial charge is 0.493 e. The number of carbonyl (C=O) groups excluding carboxylic acids is 1. The van der Waals surface area contributed by atoms with Crippen molar-refractivity contribution in [2.24, 2.45) is 0 Å². The number of rotatable bonds is 9. The third-order valence-electron chi connectivity index (χ3n) is 6.39. The molecule has 3 aromatic carbocycles. The predicted molar refractivity (Wildman–Crippen MR) is 154 cm³/mol. The van der Waals surface area contributed by atoms with Gasteiger partial charge in [0, 0.05) is 35.9 Å². The minimum atomic E-state index is -1.02. The highest BCUT2D eigenvalue weighted by Gasteiger charge is 2.21. The van der Waals surface area contributed by atoms with Crippen LogP contribution >= 0.6 is 0 Å². The molecule has 43 heavy (non-hydrogen) atoms. The maximum absolute atomic E-state index is 15.2. The monoisotopic (exact) mass is 589 g/mol. The molecule has 0 atom stereocenters. The molecule has 0 saturated carbocycles. The fraction of sp³-hybridized carbons (Fsp3) is 0.167. The van der Waals surface area contributed by atoms with Gasteiger partial charge in [-0.25, -0.2) is 22.8 Å². The number of nitrogens with one attached hydrogen (secondary N) is 1. The van der Waals surface area contributed by atoms with Crippen LogP contribution in [0.25, 0.3) is 16.6 Å². The van der Waals surface area contributed by atoms with E-state index in [-0.39, 0.29) is 23.7 Å². The minimum Gasteiger partial charge on any atom is -0.493 e. The van der Waals surface area contributed by atoms with Gasteiger partial charge in [-0.2, -0.15) is 5.10 Å². The van der Waals surface area contributed by atoms with Crippen LogP contribution in [0.1, 0.15) is 23.8 Å². The Morgan fingerprint density at radius 2 is 1.63 bits per heavy atom. The van der Waals surface area contributed by atoms with Crippen LogP contribution in [0, 0.1) is 11.6 Å². The number of benzene rings is 3. The summed E-state index contributed by atoms with van der Waals surface area (Å²) >= 11 is 0. The summed E-state index contributed by atoms with van der Waals surface area (Å²) in [5, 5.41) is 6.94. The van der Waals surface area contributed by atoms with Crippen LogP contribution in [-0.2, 0) is 6.54 Å². The van der Waals surface area contributed by atoms with Gasteiger partial charge in [0.05, 0.1) is 25.4 Å². The lowest BCUT2D eigenvalue weighted by atomic mass is 10.2. The number of methoxy groups -OCH3 is 2. The molecule has 11 nitrogen and oxygen atoms in total. The first kappa shape index (κ1) is 28.9. The van der Waals surface area contributed by atoms with Gasteiger partial charge >= 0.3 is 5.69 Å². The molecular formula is C30H25F2N5O6. The van der Waals surface area contributed by atoms with Crippen LogP contribution in [0.5, 0.6) is 23.0 Å². The Labute approximate surface area is 242 Å². The molecule has 1 N–H and O–H groups in total. The Balaban J connectivity index is 1.44. The number of aryl methyl sites for hydroxylation is 1. The number of halogens is 2. The van der Waals surface area contributed by atoms with Gasteiger partial charge in [0.15, 0.2) is 23.1 Å². The lowest BCUT2D eigenvalue weighted by molar-refractivity contribution is 0.101. The van der Waals surface area contributed by atoms with Crippen LogP contribution in [0.15, 0.2) is 76.4 Å². The molecule has 5 rings (SSSR count). The van der Waals surface area contributed by atoms with Crippen molar-refractivity contribution in [3.63, 3.8) is 0 Å². The quantitative estimate of drug-likeness (QED) is 0.262. The molecule has 0 aliphatic rings. The number of pyridine rings is 1. The minimum absolute atomic E-state index is 0.00335. The van der Waals surface area contributed by atoms with Gasteiger partial charge < -0.3 is 19.5 Å². The Bertz CT molecular complexity index is 1960. The summed E-state index contributed by atoms with van der Waals surface area (Å²) in [6.07, 6.45) is 1.98. The summed E-state index contributed by atoms with van der Waals surface area (Å²) < 4.78 is 46.8. The van der Waals surface area contributed by atoms with E-state index in [4.69, 9.17) is 14.2 Å². The molecule has 13 heteroatoms. The Morgan fingerprint density at radius 3 is 2.30 bits per heavy atom. The van der Waals surface area contributed by atoms with Crippen LogP contribution in [0.2, 0.25) is 0 Å². The predicted octanol–water partition coefficient (Wildman–Crippen LogP) is 4.69. The number of ether oxygens (including phenoxy) is 3. The second-order valence-corrected chi connectivity index (χ2v) is 9.21. The standard InChI is InChI=1S/C30H25F2N5O6/c1-4-13-36-30(40)37(19-8-5-17(31)6-9-19)29(39)27(35-36)28(38)34-18-7-10-24(21(32)14-18)43-23-11-12-33-22-16-26(42-3)25(41-2)15-20(22)23/h5-12,14-16H,4,13H2,1-3H3,(H,34,38). The topological polar surface area (TPSA) is 127 Å². The number of carbonyl (C=O) groups is 1. The molecule has 0 spiro atoms.